The van der Waals surface area contributed by atoms with E-state index in [4.69, 9.17) is 11.5 Å². The summed E-state index contributed by atoms with van der Waals surface area (Å²) < 4.78 is 0. The quantitative estimate of drug-likeness (QED) is 0.658. The fraction of sp³-hybridized carbons (Fsp3) is 0.846. The molecule has 1 fully saturated rings. The Labute approximate surface area is 109 Å². The van der Waals surface area contributed by atoms with Gasteiger partial charge in [-0.25, -0.2) is 0 Å². The van der Waals surface area contributed by atoms with Gasteiger partial charge in [0.25, 0.3) is 0 Å². The molecule has 1 aliphatic heterocycles. The number of rotatable bonds is 7. The lowest BCUT2D eigenvalue weighted by atomic mass is 10.1. The van der Waals surface area contributed by atoms with Crippen LogP contribution in [0.15, 0.2) is 0 Å². The van der Waals surface area contributed by atoms with Crippen LogP contribution >= 0.6 is 0 Å². The van der Waals surface area contributed by atoms with Gasteiger partial charge in [-0.15, -0.1) is 0 Å². The summed E-state index contributed by atoms with van der Waals surface area (Å²) in [7, 11) is 0. The average molecular weight is 255 g/mol. The average Bonchev–Trinajstić information content (AvgIpc) is 2.82. The number of nitrogens with two attached hydrogens (primary N) is 2. The molecule has 1 saturated heterocycles. The van der Waals surface area contributed by atoms with E-state index >= 15 is 0 Å². The number of amides is 2. The number of carbonyl (C=O) groups excluding carboxylic acids is 2. The fourth-order valence-electron chi connectivity index (χ4n) is 2.45. The van der Waals surface area contributed by atoms with Crippen molar-refractivity contribution in [1.29, 1.82) is 0 Å². The molecule has 0 radical (unpaired) electrons. The van der Waals surface area contributed by atoms with Crippen LogP contribution in [0.25, 0.3) is 0 Å². The Morgan fingerprint density at radius 3 is 2.67 bits per heavy atom. The van der Waals surface area contributed by atoms with Gasteiger partial charge in [0.15, 0.2) is 0 Å². The molecule has 2 amide bonds. The highest BCUT2D eigenvalue weighted by Gasteiger charge is 2.34. The van der Waals surface area contributed by atoms with Crippen molar-refractivity contribution in [3.63, 3.8) is 0 Å². The van der Waals surface area contributed by atoms with E-state index in [9.17, 15) is 9.59 Å². The summed E-state index contributed by atoms with van der Waals surface area (Å²) in [6.45, 7) is 2.75. The Balaban J connectivity index is 2.40. The van der Waals surface area contributed by atoms with Crippen LogP contribution in [-0.4, -0.2) is 35.3 Å². The van der Waals surface area contributed by atoms with Gasteiger partial charge in [0.05, 0.1) is 6.04 Å². The summed E-state index contributed by atoms with van der Waals surface area (Å²) in [5, 5.41) is 0. The van der Waals surface area contributed by atoms with Crippen LogP contribution in [0.5, 0.6) is 0 Å². The zero-order chi connectivity index (χ0) is 13.5. The van der Waals surface area contributed by atoms with Crippen LogP contribution in [0.1, 0.15) is 51.9 Å². The van der Waals surface area contributed by atoms with Gasteiger partial charge in [0.1, 0.15) is 6.04 Å². The molecular weight excluding hydrogens is 230 g/mol. The van der Waals surface area contributed by atoms with Gasteiger partial charge in [0, 0.05) is 6.54 Å². The summed E-state index contributed by atoms with van der Waals surface area (Å²) in [6.07, 6.45) is 6.62. The van der Waals surface area contributed by atoms with Crippen LogP contribution in [0.3, 0.4) is 0 Å². The Bertz CT molecular complexity index is 294. The molecule has 1 heterocycles. The highest BCUT2D eigenvalue weighted by atomic mass is 16.2. The van der Waals surface area contributed by atoms with E-state index in [1.807, 2.05) is 0 Å². The second-order valence-corrected chi connectivity index (χ2v) is 5.05. The lowest BCUT2D eigenvalue weighted by molar-refractivity contribution is -0.138. The fourth-order valence-corrected chi connectivity index (χ4v) is 2.45. The number of carbonyl (C=O) groups is 2. The zero-order valence-corrected chi connectivity index (χ0v) is 11.2. The topological polar surface area (TPSA) is 89.4 Å². The first-order chi connectivity index (χ1) is 8.57. The molecule has 0 unspecified atom stereocenters. The van der Waals surface area contributed by atoms with Crippen LogP contribution in [0.4, 0.5) is 0 Å². The molecule has 2 atom stereocenters. The van der Waals surface area contributed by atoms with E-state index < -0.39 is 18.0 Å². The smallest absolute Gasteiger partial charge is 0.240 e. The monoisotopic (exact) mass is 255 g/mol. The summed E-state index contributed by atoms with van der Waals surface area (Å²) in [5.74, 6) is -0.535. The van der Waals surface area contributed by atoms with E-state index in [0.29, 0.717) is 19.4 Å². The van der Waals surface area contributed by atoms with Crippen LogP contribution in [0.2, 0.25) is 0 Å². The lowest BCUT2D eigenvalue weighted by Crippen LogP contribution is -2.50. The minimum Gasteiger partial charge on any atom is -0.368 e. The third-order valence-electron chi connectivity index (χ3n) is 3.55. The van der Waals surface area contributed by atoms with Gasteiger partial charge in [-0.2, -0.15) is 0 Å². The third kappa shape index (κ3) is 3.98. The molecule has 0 aromatic carbocycles. The molecule has 104 valence electrons. The third-order valence-corrected chi connectivity index (χ3v) is 3.55. The van der Waals surface area contributed by atoms with Crippen molar-refractivity contribution >= 4 is 11.8 Å². The standard InChI is InChI=1S/C13H25N3O2/c1-2-3-4-5-7-10(14)13(18)16-9-6-8-11(16)12(15)17/h10-11H,2-9,14H2,1H3,(H2,15,17)/t10-,11-/m0/s1. The van der Waals surface area contributed by atoms with E-state index in [1.54, 1.807) is 4.90 Å². The maximum Gasteiger partial charge on any atom is 0.240 e. The number of primary amides is 1. The van der Waals surface area contributed by atoms with Crippen molar-refractivity contribution in [2.24, 2.45) is 11.5 Å². The van der Waals surface area contributed by atoms with Crippen LogP contribution < -0.4 is 11.5 Å². The Hall–Kier alpha value is -1.10. The van der Waals surface area contributed by atoms with Crippen molar-refractivity contribution in [3.8, 4) is 0 Å². The van der Waals surface area contributed by atoms with Gasteiger partial charge in [0.2, 0.25) is 11.8 Å². The van der Waals surface area contributed by atoms with Crippen molar-refractivity contribution < 1.29 is 9.59 Å². The van der Waals surface area contributed by atoms with Crippen LogP contribution in [0, 0.1) is 0 Å². The summed E-state index contributed by atoms with van der Waals surface area (Å²) in [4.78, 5) is 24.9. The molecule has 5 nitrogen and oxygen atoms in total. The van der Waals surface area contributed by atoms with E-state index in [-0.39, 0.29) is 5.91 Å². The number of hydrogen-bond acceptors (Lipinski definition) is 3. The minimum absolute atomic E-state index is 0.118. The highest BCUT2D eigenvalue weighted by molar-refractivity contribution is 5.89. The van der Waals surface area contributed by atoms with Crippen molar-refractivity contribution in [1.82, 2.24) is 4.90 Å². The number of nitrogens with zero attached hydrogens (tertiary/aromatic N) is 1. The maximum atomic E-state index is 12.1. The second kappa shape index (κ2) is 7.36. The van der Waals surface area contributed by atoms with Gasteiger partial charge in [-0.1, -0.05) is 32.6 Å². The molecule has 1 rings (SSSR count). The number of hydrogen-bond donors (Lipinski definition) is 2. The first-order valence-electron chi connectivity index (χ1n) is 6.93. The highest BCUT2D eigenvalue weighted by Crippen LogP contribution is 2.18. The second-order valence-electron chi connectivity index (χ2n) is 5.05. The molecular formula is C13H25N3O2. The van der Waals surface area contributed by atoms with Gasteiger partial charge in [-0.3, -0.25) is 9.59 Å². The molecule has 18 heavy (non-hydrogen) atoms. The van der Waals surface area contributed by atoms with Crippen LogP contribution in [-0.2, 0) is 9.59 Å². The molecule has 0 spiro atoms. The van der Waals surface area contributed by atoms with E-state index in [2.05, 4.69) is 6.92 Å². The molecule has 0 aromatic rings. The molecule has 0 aliphatic carbocycles. The zero-order valence-electron chi connectivity index (χ0n) is 11.2. The lowest BCUT2D eigenvalue weighted by Gasteiger charge is -2.25. The van der Waals surface area contributed by atoms with Gasteiger partial charge in [-0.05, 0) is 19.3 Å². The van der Waals surface area contributed by atoms with Crippen molar-refractivity contribution in [2.75, 3.05) is 6.54 Å². The summed E-state index contributed by atoms with van der Waals surface area (Å²) >= 11 is 0. The summed E-state index contributed by atoms with van der Waals surface area (Å²) in [6, 6.07) is -0.930. The predicted molar refractivity (Wildman–Crippen MR) is 70.7 cm³/mol. The first kappa shape index (κ1) is 15.0. The minimum atomic E-state index is -0.484. The number of likely N-dealkylation sites (tertiary alicyclic amines) is 1. The first-order valence-corrected chi connectivity index (χ1v) is 6.93. The van der Waals surface area contributed by atoms with Gasteiger partial charge < -0.3 is 16.4 Å². The Morgan fingerprint density at radius 2 is 2.06 bits per heavy atom. The molecule has 4 N–H and O–H groups in total. The van der Waals surface area contributed by atoms with E-state index in [0.717, 1.165) is 19.3 Å². The SMILES string of the molecule is CCCCCC[C@H](N)C(=O)N1CCC[C@H]1C(N)=O. The molecule has 0 saturated carbocycles. The molecule has 5 heteroatoms. The van der Waals surface area contributed by atoms with E-state index in [1.165, 1.54) is 12.8 Å². The summed E-state index contributed by atoms with van der Waals surface area (Å²) in [5.41, 5.74) is 11.2. The van der Waals surface area contributed by atoms with Crippen molar-refractivity contribution in [3.05, 3.63) is 0 Å². The Morgan fingerprint density at radius 1 is 1.33 bits per heavy atom. The predicted octanol–water partition coefficient (Wildman–Crippen LogP) is 0.760. The molecule has 0 bridgehead atoms. The van der Waals surface area contributed by atoms with Gasteiger partial charge >= 0.3 is 0 Å². The molecule has 1 aliphatic rings. The Kier molecular flexibility index (Phi) is 6.12. The maximum absolute atomic E-state index is 12.1. The van der Waals surface area contributed by atoms with Crippen molar-refractivity contribution in [2.45, 2.75) is 64.0 Å². The number of unbranched alkanes of at least 4 members (excludes halogenated alkanes) is 3. The molecule has 0 aromatic heterocycles. The normalized spacial score (nSPS) is 21.0. The largest absolute Gasteiger partial charge is 0.368 e.